The fourth-order valence-corrected chi connectivity index (χ4v) is 1.12. The van der Waals surface area contributed by atoms with Crippen LogP contribution < -0.4 is 63.0 Å². The van der Waals surface area contributed by atoms with E-state index in [1.807, 2.05) is 0 Å². The van der Waals surface area contributed by atoms with Crippen molar-refractivity contribution in [2.45, 2.75) is 0 Å². The summed E-state index contributed by atoms with van der Waals surface area (Å²) in [7, 11) is -11.3. The van der Waals surface area contributed by atoms with Crippen molar-refractivity contribution in [3.05, 3.63) is 5.21 Å². The molecule has 0 saturated heterocycles. The second-order valence-electron chi connectivity index (χ2n) is 1.16. The Labute approximate surface area is 113 Å². The van der Waals surface area contributed by atoms with Crippen molar-refractivity contribution in [1.82, 2.24) is 0 Å². The fourth-order valence-electron chi connectivity index (χ4n) is 0.125. The Morgan fingerprint density at radius 3 is 1.00 bits per heavy atom. The van der Waals surface area contributed by atoms with Crippen LogP contribution in [0.5, 0.6) is 0 Å². The van der Waals surface area contributed by atoms with Gasteiger partial charge in [-0.05, 0) is 0 Å². The molecule has 0 aromatic rings. The van der Waals surface area contributed by atoms with Gasteiger partial charge in [0.15, 0.2) is 0 Å². The Kier molecular flexibility index (Phi) is 10.1. The predicted octanol–water partition coefficient (Wildman–Crippen LogP) is -9.70. The van der Waals surface area contributed by atoms with Crippen LogP contribution in [0.15, 0.2) is 0 Å². The minimum atomic E-state index is -5.65. The van der Waals surface area contributed by atoms with E-state index < -0.39 is 24.5 Å². The van der Waals surface area contributed by atoms with Gasteiger partial charge in [0, 0.05) is 0 Å². The maximum atomic E-state index is 9.69. The van der Waals surface area contributed by atoms with Gasteiger partial charge in [-0.2, -0.15) is 20.7 Å². The summed E-state index contributed by atoms with van der Waals surface area (Å²) in [5, 5.41) is 9.69. The van der Waals surface area contributed by atoms with Gasteiger partial charge in [0.2, 0.25) is 0 Å². The first-order valence-electron chi connectivity index (χ1n) is 1.61. The van der Waals surface area contributed by atoms with E-state index in [4.69, 9.17) is 0 Å². The maximum absolute atomic E-state index is 9.69. The molecule has 0 unspecified atom stereocenters. The minimum Gasteiger partial charge on any atom is -0.700 e. The normalized spacial score (nSPS) is 11.7. The van der Waals surface area contributed by atoms with Gasteiger partial charge in [0.05, 0.1) is 0 Å². The number of rotatable bonds is 2. The van der Waals surface area contributed by atoms with Crippen molar-refractivity contribution < 1.29 is 88.9 Å². The van der Waals surface area contributed by atoms with Crippen molar-refractivity contribution in [3.63, 3.8) is 0 Å². The van der Waals surface area contributed by atoms with Crippen LogP contribution in [0.1, 0.15) is 0 Å². The van der Waals surface area contributed by atoms with E-state index in [-0.39, 0.29) is 59.1 Å². The predicted molar refractivity (Wildman–Crippen MR) is 23.7 cm³/mol. The largest absolute Gasteiger partial charge is 1.00 e. The number of quaternary nitrogens is 1. The van der Waals surface area contributed by atoms with Crippen LogP contribution in [0.4, 0.5) is 0 Å². The first kappa shape index (κ1) is 19.3. The third kappa shape index (κ3) is 7.17. The second-order valence-corrected chi connectivity index (χ2v) is 3.97. The molecular formula is HNNa2O7S2. The first-order valence-corrected chi connectivity index (χ1v) is 4.43. The van der Waals surface area contributed by atoms with E-state index in [2.05, 4.69) is 0 Å². The molecule has 0 aliphatic carbocycles. The smallest absolute Gasteiger partial charge is 0.700 e. The van der Waals surface area contributed by atoms with E-state index in [1.54, 1.807) is 0 Å². The van der Waals surface area contributed by atoms with Gasteiger partial charge in [0.1, 0.15) is 0 Å². The molecule has 0 aromatic heterocycles. The molecule has 0 heterocycles. The molecule has 0 aromatic carbocycles. The van der Waals surface area contributed by atoms with Crippen molar-refractivity contribution in [2.75, 3.05) is 0 Å². The molecular weight excluding hydrogens is 236 g/mol. The van der Waals surface area contributed by atoms with Crippen molar-refractivity contribution in [1.29, 1.82) is 0 Å². The Morgan fingerprint density at radius 2 is 1.00 bits per heavy atom. The van der Waals surface area contributed by atoms with Crippen LogP contribution in [0.25, 0.3) is 0 Å². The van der Waals surface area contributed by atoms with E-state index in [0.29, 0.717) is 0 Å². The van der Waals surface area contributed by atoms with Crippen LogP contribution in [0.2, 0.25) is 0 Å². The van der Waals surface area contributed by atoms with Gasteiger partial charge in [-0.1, -0.05) is 0 Å². The van der Waals surface area contributed by atoms with Crippen LogP contribution >= 0.6 is 0 Å². The van der Waals surface area contributed by atoms with Crippen molar-refractivity contribution >= 4 is 20.6 Å². The third-order valence-electron chi connectivity index (χ3n) is 0.408. The maximum Gasteiger partial charge on any atom is 1.00 e. The summed E-state index contributed by atoms with van der Waals surface area (Å²) >= 11 is 0. The van der Waals surface area contributed by atoms with Crippen molar-refractivity contribution in [2.24, 2.45) is 0 Å². The Hall–Kier alpha value is 1.74. The molecule has 0 atom stereocenters. The summed E-state index contributed by atoms with van der Waals surface area (Å²) < 4.78 is 54.1. The number of nitrogens with one attached hydrogen (secondary N) is 1. The van der Waals surface area contributed by atoms with E-state index in [1.165, 1.54) is 0 Å². The Morgan fingerprint density at radius 1 is 0.833 bits per heavy atom. The molecule has 8 nitrogen and oxygen atoms in total. The zero-order chi connectivity index (χ0) is 8.58. The van der Waals surface area contributed by atoms with Crippen LogP contribution in [-0.2, 0) is 20.6 Å². The molecule has 0 amide bonds. The van der Waals surface area contributed by atoms with Crippen LogP contribution in [0.3, 0.4) is 0 Å². The molecule has 0 radical (unpaired) electrons. The average Bonchev–Trinajstić information content (AvgIpc) is 1.59. The van der Waals surface area contributed by atoms with Gasteiger partial charge in [0.25, 0.3) is 20.6 Å². The van der Waals surface area contributed by atoms with Gasteiger partial charge >= 0.3 is 59.1 Å². The summed E-state index contributed by atoms with van der Waals surface area (Å²) in [6, 6.07) is 0. The number of hydrogen-bond donors (Lipinski definition) is 1. The van der Waals surface area contributed by atoms with E-state index in [0.717, 1.165) is 0 Å². The van der Waals surface area contributed by atoms with E-state index in [9.17, 15) is 31.1 Å². The first-order chi connectivity index (χ1) is 4.15. The Bertz CT molecular complexity index is 268. The van der Waals surface area contributed by atoms with Gasteiger partial charge in [-0.3, -0.25) is 0 Å². The third-order valence-corrected chi connectivity index (χ3v) is 2.45. The molecule has 12 heavy (non-hydrogen) atoms. The van der Waals surface area contributed by atoms with Gasteiger partial charge < -0.3 is 14.3 Å². The topological polar surface area (TPSA) is 142 Å². The molecule has 0 rings (SSSR count). The zero-order valence-electron chi connectivity index (χ0n) is 6.17. The monoisotopic (exact) mass is 237 g/mol. The summed E-state index contributed by atoms with van der Waals surface area (Å²) in [5.41, 5.74) is 0. The quantitative estimate of drug-likeness (QED) is 0.285. The fraction of sp³-hybridized carbons (Fsp3) is 0. The molecule has 0 aliphatic heterocycles. The number of hydrogen-bond acceptors (Lipinski definition) is 7. The standard InChI is InChI=1S/H3NO7S2.2Na/c2-1(9(3,4)5)10(6,7)8;;/h1H,(H,3,4,5)(H,6,7,8);;/q;2*+1/p-2. The molecule has 62 valence electrons. The Balaban J connectivity index is -0.000000405. The van der Waals surface area contributed by atoms with Gasteiger partial charge in [-0.15, -0.1) is 0 Å². The van der Waals surface area contributed by atoms with Crippen LogP contribution in [-0.4, -0.2) is 25.9 Å². The summed E-state index contributed by atoms with van der Waals surface area (Å²) in [6.45, 7) is 0. The van der Waals surface area contributed by atoms with Crippen LogP contribution in [0, 0.1) is 5.21 Å². The zero-order valence-corrected chi connectivity index (χ0v) is 11.8. The SMILES string of the molecule is O=S(=O)([O-])[NH+]([O-])S(=O)(=O)[O-].[Na+].[Na+]. The second kappa shape index (κ2) is 6.27. The molecule has 0 spiro atoms. The molecule has 0 bridgehead atoms. The molecule has 0 aliphatic rings. The summed E-state index contributed by atoms with van der Waals surface area (Å²) in [6.07, 6.45) is 0. The molecule has 0 fully saturated rings. The summed E-state index contributed by atoms with van der Waals surface area (Å²) in [4.78, 5) is 0. The molecule has 0 saturated carbocycles. The minimum absolute atomic E-state index is 0. The summed E-state index contributed by atoms with van der Waals surface area (Å²) in [5.74, 6) is 0. The van der Waals surface area contributed by atoms with Crippen molar-refractivity contribution in [3.8, 4) is 0 Å². The van der Waals surface area contributed by atoms with Gasteiger partial charge in [-0.25, -0.2) is 0 Å². The average molecular weight is 237 g/mol. The molecule has 12 heteroatoms. The molecule has 1 N–H and O–H groups in total. The van der Waals surface area contributed by atoms with E-state index >= 15 is 0 Å².